The van der Waals surface area contributed by atoms with Crippen molar-refractivity contribution >= 4 is 38.6 Å². The third-order valence-electron chi connectivity index (χ3n) is 10.4. The number of carboxylic acids is 1. The fourth-order valence-corrected chi connectivity index (χ4v) is 8.90. The van der Waals surface area contributed by atoms with Gasteiger partial charge < -0.3 is 19.3 Å². The molecule has 11 heteroatoms. The molecule has 0 aliphatic carbocycles. The van der Waals surface area contributed by atoms with Crippen LogP contribution in [0.15, 0.2) is 48.8 Å². The summed E-state index contributed by atoms with van der Waals surface area (Å²) in [5.74, 6) is 0.880. The van der Waals surface area contributed by atoms with Crippen molar-refractivity contribution in [3.8, 4) is 44.5 Å². The normalized spacial score (nSPS) is 18.1. The van der Waals surface area contributed by atoms with Gasteiger partial charge in [-0.2, -0.15) is 5.10 Å². The van der Waals surface area contributed by atoms with Crippen molar-refractivity contribution in [1.29, 1.82) is 0 Å². The molecular formula is C42H45N5O5S. The zero-order chi connectivity index (χ0) is 37.2. The van der Waals surface area contributed by atoms with Gasteiger partial charge in [-0.15, -0.1) is 11.3 Å². The average Bonchev–Trinajstić information content (AvgIpc) is 3.70. The quantitative estimate of drug-likeness (QED) is 0.190. The van der Waals surface area contributed by atoms with Gasteiger partial charge in [0.05, 0.1) is 40.2 Å². The Morgan fingerprint density at radius 2 is 1.81 bits per heavy atom. The molecule has 2 aliphatic heterocycles. The van der Waals surface area contributed by atoms with Crippen molar-refractivity contribution in [2.45, 2.75) is 97.4 Å². The Kier molecular flexibility index (Phi) is 8.97. The van der Waals surface area contributed by atoms with Crippen molar-refractivity contribution in [2.75, 3.05) is 6.61 Å². The first-order valence-electron chi connectivity index (χ1n) is 18.4. The van der Waals surface area contributed by atoms with Crippen molar-refractivity contribution in [2.24, 2.45) is 7.05 Å². The van der Waals surface area contributed by atoms with Crippen LogP contribution in [0.25, 0.3) is 54.2 Å². The number of ether oxygens (including phenoxy) is 3. The summed E-state index contributed by atoms with van der Waals surface area (Å²) < 4.78 is 21.9. The minimum Gasteiger partial charge on any atom is -0.493 e. The highest BCUT2D eigenvalue weighted by Gasteiger charge is 2.33. The standard InChI is InChI=1S/C42H45N5O5S/c1-22-16-30-39-36(35(22)38(41(48)49)52-42(4,5)6)26-12-13-33-29(17-26)25(14-15-50-33)11-9-8-10-23(2)51-34-19-32-31(21-44-47(32)7)45-37(34)28-18-27(20-43-24(28)3)40(46-30)53-39/h12-13,16-21,23,25,38H,8-11,14-15H2,1-7H3,(H,48,49). The summed E-state index contributed by atoms with van der Waals surface area (Å²) in [6, 6.07) is 12.4. The van der Waals surface area contributed by atoms with E-state index in [2.05, 4.69) is 36.3 Å². The Bertz CT molecular complexity index is 2390. The van der Waals surface area contributed by atoms with Crippen LogP contribution in [0.4, 0.5) is 0 Å². The van der Waals surface area contributed by atoms with Gasteiger partial charge in [0.2, 0.25) is 0 Å². The molecule has 2 aliphatic rings. The number of rotatable bonds is 3. The number of thiazole rings is 1. The van der Waals surface area contributed by atoms with E-state index < -0.39 is 17.7 Å². The molecule has 0 amide bonds. The fraction of sp³-hybridized carbons (Fsp3) is 0.405. The largest absolute Gasteiger partial charge is 0.493 e. The second-order valence-electron chi connectivity index (χ2n) is 15.5. The van der Waals surface area contributed by atoms with Gasteiger partial charge in [-0.1, -0.05) is 12.5 Å². The maximum absolute atomic E-state index is 13.1. The first-order chi connectivity index (χ1) is 25.3. The third kappa shape index (κ3) is 6.65. The minimum absolute atomic E-state index is 0.0334. The monoisotopic (exact) mass is 731 g/mol. The van der Waals surface area contributed by atoms with Gasteiger partial charge >= 0.3 is 5.97 Å². The molecule has 10 nitrogen and oxygen atoms in total. The molecule has 0 fully saturated rings. The van der Waals surface area contributed by atoms with E-state index in [-0.39, 0.29) is 6.10 Å². The SMILES string of the molecule is Cc1cc2nc3sc2c(c1C(OC(C)(C)C)C(=O)O)-c1ccc2c(c1)C(CCCCC(C)Oc1cc4c(cnn4C)nc1-c1cc-3cnc1C)CCO2. The van der Waals surface area contributed by atoms with Crippen LogP contribution in [0, 0.1) is 13.8 Å². The van der Waals surface area contributed by atoms with Crippen LogP contribution in [0.1, 0.15) is 94.2 Å². The molecule has 3 atom stereocenters. The Morgan fingerprint density at radius 1 is 1.00 bits per heavy atom. The Hall–Kier alpha value is -4.87. The zero-order valence-electron chi connectivity index (χ0n) is 31.3. The van der Waals surface area contributed by atoms with E-state index in [4.69, 9.17) is 29.2 Å². The number of nitrogens with zero attached hydrogens (tertiary/aromatic N) is 5. The van der Waals surface area contributed by atoms with Crippen molar-refractivity contribution < 1.29 is 24.1 Å². The molecular weight excluding hydrogens is 687 g/mol. The first kappa shape index (κ1) is 35.2. The maximum Gasteiger partial charge on any atom is 0.337 e. The molecule has 0 saturated heterocycles. The molecule has 4 aromatic heterocycles. The average molecular weight is 732 g/mol. The first-order valence-corrected chi connectivity index (χ1v) is 19.2. The zero-order valence-corrected chi connectivity index (χ0v) is 32.1. The number of hydrogen-bond acceptors (Lipinski definition) is 9. The highest BCUT2D eigenvalue weighted by molar-refractivity contribution is 7.22. The fourth-order valence-electron chi connectivity index (χ4n) is 7.79. The van der Waals surface area contributed by atoms with E-state index in [0.29, 0.717) is 23.8 Å². The number of aliphatic carboxylic acids is 1. The van der Waals surface area contributed by atoms with Gasteiger partial charge in [-0.3, -0.25) is 9.67 Å². The van der Waals surface area contributed by atoms with Crippen LogP contribution >= 0.6 is 11.3 Å². The Labute approximate surface area is 313 Å². The lowest BCUT2D eigenvalue weighted by atomic mass is 9.85. The lowest BCUT2D eigenvalue weighted by Gasteiger charge is -2.29. The smallest absolute Gasteiger partial charge is 0.337 e. The molecule has 274 valence electrons. The number of pyridine rings is 2. The van der Waals surface area contributed by atoms with Crippen molar-refractivity contribution in [1.82, 2.24) is 24.7 Å². The van der Waals surface area contributed by atoms with E-state index in [9.17, 15) is 9.90 Å². The molecule has 6 heterocycles. The highest BCUT2D eigenvalue weighted by Crippen LogP contribution is 2.47. The number of benzene rings is 2. The molecule has 1 N–H and O–H groups in total. The van der Waals surface area contributed by atoms with Gasteiger partial charge in [0, 0.05) is 47.3 Å². The van der Waals surface area contributed by atoms with E-state index in [1.807, 2.05) is 64.7 Å². The van der Waals surface area contributed by atoms with E-state index in [1.165, 1.54) is 11.3 Å². The van der Waals surface area contributed by atoms with Crippen LogP contribution in [0.5, 0.6) is 11.5 Å². The summed E-state index contributed by atoms with van der Waals surface area (Å²) in [6.45, 7) is 12.4. The van der Waals surface area contributed by atoms with Crippen molar-refractivity contribution in [3.05, 3.63) is 71.2 Å². The Morgan fingerprint density at radius 3 is 2.60 bits per heavy atom. The molecule has 8 rings (SSSR count). The molecule has 2 aromatic carbocycles. The van der Waals surface area contributed by atoms with Crippen LogP contribution in [0.2, 0.25) is 0 Å². The molecule has 0 radical (unpaired) electrons. The molecule has 0 spiro atoms. The topological polar surface area (TPSA) is 121 Å². The third-order valence-corrected chi connectivity index (χ3v) is 11.5. The molecule has 0 saturated carbocycles. The molecule has 6 aromatic rings. The number of carbonyl (C=O) groups is 1. The predicted octanol–water partition coefficient (Wildman–Crippen LogP) is 9.74. The summed E-state index contributed by atoms with van der Waals surface area (Å²) >= 11 is 1.53. The summed E-state index contributed by atoms with van der Waals surface area (Å²) in [5.41, 5.74) is 9.38. The molecule has 53 heavy (non-hydrogen) atoms. The van der Waals surface area contributed by atoms with Gasteiger partial charge in [0.15, 0.2) is 6.10 Å². The summed E-state index contributed by atoms with van der Waals surface area (Å²) in [5, 5.41) is 15.9. The van der Waals surface area contributed by atoms with Gasteiger partial charge in [0.1, 0.15) is 27.7 Å². The van der Waals surface area contributed by atoms with Gasteiger partial charge in [-0.25, -0.2) is 14.8 Å². The minimum atomic E-state index is -1.19. The van der Waals surface area contributed by atoms with Crippen LogP contribution < -0.4 is 9.47 Å². The second-order valence-corrected chi connectivity index (χ2v) is 16.5. The van der Waals surface area contributed by atoms with Gasteiger partial charge in [-0.05, 0) is 114 Å². The number of hydrogen-bond donors (Lipinski definition) is 1. The number of carboxylic acid groups (broad SMARTS) is 1. The van der Waals surface area contributed by atoms with Crippen LogP contribution in [-0.4, -0.2) is 54.1 Å². The van der Waals surface area contributed by atoms with Crippen LogP contribution in [0.3, 0.4) is 0 Å². The second kappa shape index (κ2) is 13.5. The lowest BCUT2D eigenvalue weighted by Crippen LogP contribution is -2.28. The summed E-state index contributed by atoms with van der Waals surface area (Å²) in [7, 11) is 1.91. The van der Waals surface area contributed by atoms with Gasteiger partial charge in [0.25, 0.3) is 0 Å². The lowest BCUT2D eigenvalue weighted by molar-refractivity contribution is -0.160. The number of fused-ring (bicyclic) bond motifs is 9. The van der Waals surface area contributed by atoms with Crippen LogP contribution in [-0.2, 0) is 16.6 Å². The number of aromatic nitrogens is 5. The number of aryl methyl sites for hydroxylation is 3. The maximum atomic E-state index is 13.1. The van der Waals surface area contributed by atoms with Crippen molar-refractivity contribution in [3.63, 3.8) is 0 Å². The summed E-state index contributed by atoms with van der Waals surface area (Å²) in [6.07, 6.45) is 7.29. The predicted molar refractivity (Wildman–Crippen MR) is 208 cm³/mol. The summed E-state index contributed by atoms with van der Waals surface area (Å²) in [4.78, 5) is 28.2. The van der Waals surface area contributed by atoms with E-state index >= 15 is 0 Å². The molecule has 3 unspecified atom stereocenters. The van der Waals surface area contributed by atoms with E-state index in [0.717, 1.165) is 109 Å². The highest BCUT2D eigenvalue weighted by atomic mass is 32.1. The molecule has 6 bridgehead atoms. The van der Waals surface area contributed by atoms with E-state index in [1.54, 1.807) is 6.20 Å². The Balaban J connectivity index is 1.39.